The Hall–Kier alpha value is -3.36. The van der Waals surface area contributed by atoms with E-state index in [1.807, 2.05) is 55.5 Å². The Labute approximate surface area is 230 Å². The molecule has 39 heavy (non-hydrogen) atoms. The van der Waals surface area contributed by atoms with Crippen LogP contribution in [0.2, 0.25) is 0 Å². The van der Waals surface area contributed by atoms with E-state index in [0.29, 0.717) is 31.8 Å². The summed E-state index contributed by atoms with van der Waals surface area (Å²) in [5, 5.41) is 9.14. The fraction of sp³-hybridized carbons (Fsp3) is 0.387. The van der Waals surface area contributed by atoms with Crippen LogP contribution in [0, 0.1) is 13.8 Å². The molecule has 208 valence electrons. The van der Waals surface area contributed by atoms with Crippen LogP contribution < -0.4 is 9.47 Å². The van der Waals surface area contributed by atoms with Crippen LogP contribution in [0.15, 0.2) is 60.7 Å². The Morgan fingerprint density at radius 3 is 2.26 bits per heavy atom. The predicted molar refractivity (Wildman–Crippen MR) is 151 cm³/mol. The molecule has 0 amide bonds. The molecule has 4 rings (SSSR count). The number of carbonyl (C=O) groups is 1. The van der Waals surface area contributed by atoms with Crippen molar-refractivity contribution in [3.05, 3.63) is 82.9 Å². The van der Waals surface area contributed by atoms with Gasteiger partial charge in [0.2, 0.25) is 0 Å². The monoisotopic (exact) mass is 552 g/mol. The van der Waals surface area contributed by atoms with Gasteiger partial charge in [-0.2, -0.15) is 0 Å². The lowest BCUT2D eigenvalue weighted by Crippen LogP contribution is -2.30. The normalized spacial score (nSPS) is 16.0. The Bertz CT molecular complexity index is 1360. The fourth-order valence-corrected chi connectivity index (χ4v) is 6.47. The molecule has 0 bridgehead atoms. The van der Waals surface area contributed by atoms with Gasteiger partial charge in [-0.3, -0.25) is 4.79 Å². The topological polar surface area (TPSA) is 99.1 Å². The molecule has 0 aliphatic carbocycles. The molecule has 1 aliphatic rings. The molecule has 1 heterocycles. The van der Waals surface area contributed by atoms with Crippen molar-refractivity contribution in [3.8, 4) is 22.6 Å². The van der Waals surface area contributed by atoms with Gasteiger partial charge in [0.15, 0.2) is 9.84 Å². The van der Waals surface area contributed by atoms with Crippen molar-refractivity contribution < 1.29 is 32.5 Å². The van der Waals surface area contributed by atoms with Gasteiger partial charge in [-0.1, -0.05) is 30.3 Å². The Morgan fingerprint density at radius 1 is 0.974 bits per heavy atom. The van der Waals surface area contributed by atoms with Gasteiger partial charge in [0.1, 0.15) is 24.2 Å². The SMILES string of the molecule is CCO[C@@H](CC(=O)O)c1ccc(OCc2cccc(-c3c(C)cc(OC4CCS(=O)(=O)CC4)cc3C)c2)cc1. The van der Waals surface area contributed by atoms with Gasteiger partial charge >= 0.3 is 5.97 Å². The van der Waals surface area contributed by atoms with Crippen molar-refractivity contribution in [2.45, 2.75) is 58.8 Å². The van der Waals surface area contributed by atoms with Crippen LogP contribution in [0.1, 0.15) is 54.5 Å². The van der Waals surface area contributed by atoms with E-state index in [-0.39, 0.29) is 24.0 Å². The number of rotatable bonds is 11. The third-order valence-electron chi connectivity index (χ3n) is 6.91. The molecular weight excluding hydrogens is 516 g/mol. The Kier molecular flexibility index (Phi) is 9.30. The number of ether oxygens (including phenoxy) is 3. The van der Waals surface area contributed by atoms with Gasteiger partial charge < -0.3 is 19.3 Å². The summed E-state index contributed by atoms with van der Waals surface area (Å²) in [5.41, 5.74) is 6.24. The quantitative estimate of drug-likeness (QED) is 0.309. The average Bonchev–Trinajstić information content (AvgIpc) is 2.88. The molecule has 8 heteroatoms. The number of benzene rings is 3. The van der Waals surface area contributed by atoms with Gasteiger partial charge in [0.05, 0.1) is 24.0 Å². The van der Waals surface area contributed by atoms with Crippen molar-refractivity contribution in [2.24, 2.45) is 0 Å². The Balaban J connectivity index is 1.42. The molecule has 7 nitrogen and oxygen atoms in total. The lowest BCUT2D eigenvalue weighted by molar-refractivity contribution is -0.140. The summed E-state index contributed by atoms with van der Waals surface area (Å²) in [6.07, 6.45) is 0.415. The summed E-state index contributed by atoms with van der Waals surface area (Å²) in [4.78, 5) is 11.1. The highest BCUT2D eigenvalue weighted by atomic mass is 32.2. The lowest BCUT2D eigenvalue weighted by Gasteiger charge is -2.24. The maximum Gasteiger partial charge on any atom is 0.306 e. The minimum Gasteiger partial charge on any atom is -0.490 e. The number of aliphatic carboxylic acids is 1. The second-order valence-electron chi connectivity index (χ2n) is 10.0. The van der Waals surface area contributed by atoms with Crippen molar-refractivity contribution >= 4 is 15.8 Å². The van der Waals surface area contributed by atoms with Crippen LogP contribution in [-0.2, 0) is 26.0 Å². The summed E-state index contributed by atoms with van der Waals surface area (Å²) in [6, 6.07) is 19.6. The first kappa shape index (κ1) is 28.6. The number of aryl methyl sites for hydroxylation is 2. The summed E-state index contributed by atoms with van der Waals surface area (Å²) >= 11 is 0. The summed E-state index contributed by atoms with van der Waals surface area (Å²) in [7, 11) is -2.92. The van der Waals surface area contributed by atoms with Crippen LogP contribution >= 0.6 is 0 Å². The molecule has 1 atom stereocenters. The molecule has 1 N–H and O–H groups in total. The largest absolute Gasteiger partial charge is 0.490 e. The van der Waals surface area contributed by atoms with E-state index in [2.05, 4.69) is 26.0 Å². The second kappa shape index (κ2) is 12.7. The molecule has 0 spiro atoms. The van der Waals surface area contributed by atoms with Crippen LogP contribution in [0.4, 0.5) is 0 Å². The van der Waals surface area contributed by atoms with Gasteiger partial charge in [0.25, 0.3) is 0 Å². The minimum atomic E-state index is -2.92. The van der Waals surface area contributed by atoms with E-state index in [1.54, 1.807) is 0 Å². The molecule has 0 saturated carbocycles. The Morgan fingerprint density at radius 2 is 1.64 bits per heavy atom. The van der Waals surface area contributed by atoms with Crippen LogP contribution in [0.5, 0.6) is 11.5 Å². The van der Waals surface area contributed by atoms with Crippen molar-refractivity contribution in [1.29, 1.82) is 0 Å². The first-order valence-corrected chi connectivity index (χ1v) is 15.1. The molecule has 3 aromatic rings. The summed E-state index contributed by atoms with van der Waals surface area (Å²) < 4.78 is 41.2. The average molecular weight is 553 g/mol. The smallest absolute Gasteiger partial charge is 0.306 e. The molecule has 3 aromatic carbocycles. The van der Waals surface area contributed by atoms with Crippen LogP contribution in [0.25, 0.3) is 11.1 Å². The molecule has 0 radical (unpaired) electrons. The number of hydrogen-bond acceptors (Lipinski definition) is 6. The third-order valence-corrected chi connectivity index (χ3v) is 8.63. The minimum absolute atomic E-state index is 0.0741. The second-order valence-corrected chi connectivity index (χ2v) is 12.3. The number of carboxylic acids is 1. The van der Waals surface area contributed by atoms with Crippen LogP contribution in [0.3, 0.4) is 0 Å². The molecule has 1 fully saturated rings. The molecule has 0 aromatic heterocycles. The van der Waals surface area contributed by atoms with Gasteiger partial charge in [0, 0.05) is 6.61 Å². The van der Waals surface area contributed by atoms with E-state index < -0.39 is 21.9 Å². The van der Waals surface area contributed by atoms with Crippen molar-refractivity contribution in [2.75, 3.05) is 18.1 Å². The highest BCUT2D eigenvalue weighted by Crippen LogP contribution is 2.33. The maximum atomic E-state index is 11.7. The highest BCUT2D eigenvalue weighted by molar-refractivity contribution is 7.91. The van der Waals surface area contributed by atoms with Crippen LogP contribution in [-0.4, -0.2) is 43.7 Å². The fourth-order valence-electron chi connectivity index (χ4n) is 5.02. The first-order chi connectivity index (χ1) is 18.6. The number of carboxylic acid groups (broad SMARTS) is 1. The maximum absolute atomic E-state index is 11.7. The lowest BCUT2D eigenvalue weighted by atomic mass is 9.94. The standard InChI is InChI=1S/C31H36O7S/c1-4-36-29(19-30(32)33)24-8-10-26(11-9-24)37-20-23-6-5-7-25(18-23)31-21(2)16-28(17-22(31)3)38-27-12-14-39(34,35)15-13-27/h5-11,16-18,27,29H,4,12-15,19-20H2,1-3H3,(H,32,33)/t29-/m0/s1. The first-order valence-electron chi connectivity index (χ1n) is 13.3. The van der Waals surface area contributed by atoms with Gasteiger partial charge in [-0.25, -0.2) is 8.42 Å². The highest BCUT2D eigenvalue weighted by Gasteiger charge is 2.25. The van der Waals surface area contributed by atoms with E-state index in [1.165, 1.54) is 0 Å². The van der Waals surface area contributed by atoms with Crippen molar-refractivity contribution in [3.63, 3.8) is 0 Å². The zero-order valence-electron chi connectivity index (χ0n) is 22.7. The molecule has 1 aliphatic heterocycles. The third kappa shape index (κ3) is 7.83. The molecule has 1 saturated heterocycles. The number of sulfone groups is 1. The summed E-state index contributed by atoms with van der Waals surface area (Å²) in [5.74, 6) is 0.939. The zero-order valence-corrected chi connectivity index (χ0v) is 23.5. The van der Waals surface area contributed by atoms with Gasteiger partial charge in [-0.15, -0.1) is 0 Å². The predicted octanol–water partition coefficient (Wildman–Crippen LogP) is 6.06. The summed E-state index contributed by atoms with van der Waals surface area (Å²) in [6.45, 7) is 6.80. The zero-order chi connectivity index (χ0) is 28.0. The van der Waals surface area contributed by atoms with Gasteiger partial charge in [-0.05, 0) is 97.3 Å². The molecule has 0 unspecified atom stereocenters. The van der Waals surface area contributed by atoms with E-state index in [9.17, 15) is 13.2 Å². The number of hydrogen-bond donors (Lipinski definition) is 1. The molecular formula is C31H36O7S. The van der Waals surface area contributed by atoms with Crippen molar-refractivity contribution in [1.82, 2.24) is 0 Å². The van der Waals surface area contributed by atoms with E-state index >= 15 is 0 Å². The van der Waals surface area contributed by atoms with E-state index in [4.69, 9.17) is 19.3 Å². The van der Waals surface area contributed by atoms with E-state index in [0.717, 1.165) is 39.1 Å².